The Kier molecular flexibility index (Phi) is 3.50. The summed E-state index contributed by atoms with van der Waals surface area (Å²) in [6, 6.07) is 8.34. The van der Waals surface area contributed by atoms with Gasteiger partial charge >= 0.3 is 0 Å². The summed E-state index contributed by atoms with van der Waals surface area (Å²) < 4.78 is 0. The van der Waals surface area contributed by atoms with Gasteiger partial charge in [0.1, 0.15) is 0 Å². The Labute approximate surface area is 79.5 Å². The van der Waals surface area contributed by atoms with Crippen molar-refractivity contribution in [2.24, 2.45) is 10.9 Å². The van der Waals surface area contributed by atoms with Gasteiger partial charge in [-0.25, -0.2) is 0 Å². The molecule has 1 rings (SSSR count). The third kappa shape index (κ3) is 2.58. The molecule has 2 N–H and O–H groups in total. The molecule has 0 spiro atoms. The summed E-state index contributed by atoms with van der Waals surface area (Å²) in [5.41, 5.74) is 2.42. The summed E-state index contributed by atoms with van der Waals surface area (Å²) in [6.07, 6.45) is 2.82. The predicted octanol–water partition coefficient (Wildman–Crippen LogP) is 2.49. The molecule has 2 heteroatoms. The van der Waals surface area contributed by atoms with Crippen LogP contribution in [-0.4, -0.2) is 6.21 Å². The molecule has 2 nitrogen and oxygen atoms in total. The first-order valence-electron chi connectivity index (χ1n) is 4.61. The molecule has 0 aliphatic rings. The highest BCUT2D eigenvalue weighted by Gasteiger charge is 2.00. The lowest BCUT2D eigenvalue weighted by atomic mass is 9.98. The normalized spacial score (nSPS) is 13.4. The Morgan fingerprint density at radius 3 is 2.46 bits per heavy atom. The van der Waals surface area contributed by atoms with Crippen molar-refractivity contribution in [3.05, 3.63) is 35.4 Å². The molecule has 0 saturated carbocycles. The summed E-state index contributed by atoms with van der Waals surface area (Å²) in [7, 11) is 0. The number of nitrogens with zero attached hydrogens (tertiary/aromatic N) is 1. The largest absolute Gasteiger partial charge is 0.323 e. The lowest BCUT2D eigenvalue weighted by Crippen LogP contribution is -1.92. The summed E-state index contributed by atoms with van der Waals surface area (Å²) in [5, 5.41) is 3.48. The monoisotopic (exact) mass is 176 g/mol. The second-order valence-corrected chi connectivity index (χ2v) is 3.25. The predicted molar refractivity (Wildman–Crippen MR) is 56.9 cm³/mol. The Hall–Kier alpha value is -1.31. The quantitative estimate of drug-likeness (QED) is 0.429. The van der Waals surface area contributed by atoms with Crippen LogP contribution in [0, 0.1) is 0 Å². The van der Waals surface area contributed by atoms with Crippen LogP contribution in [0.15, 0.2) is 29.4 Å². The molecule has 0 aliphatic heterocycles. The van der Waals surface area contributed by atoms with E-state index in [-0.39, 0.29) is 0 Å². The maximum absolute atomic E-state index is 5.05. The van der Waals surface area contributed by atoms with E-state index in [2.05, 4.69) is 31.1 Å². The van der Waals surface area contributed by atoms with Gasteiger partial charge in [-0.15, -0.1) is 0 Å². The lowest BCUT2D eigenvalue weighted by Gasteiger charge is -2.08. The third-order valence-corrected chi connectivity index (χ3v) is 2.34. The van der Waals surface area contributed by atoms with Crippen LogP contribution in [0.5, 0.6) is 0 Å². The van der Waals surface area contributed by atoms with Crippen molar-refractivity contribution in [3.8, 4) is 0 Å². The minimum absolute atomic E-state index is 0.629. The maximum atomic E-state index is 5.05. The fraction of sp³-hybridized carbons (Fsp3) is 0.364. The Morgan fingerprint density at radius 2 is 2.00 bits per heavy atom. The van der Waals surface area contributed by atoms with Gasteiger partial charge in [0.2, 0.25) is 0 Å². The Morgan fingerprint density at radius 1 is 1.38 bits per heavy atom. The van der Waals surface area contributed by atoms with Gasteiger partial charge in [-0.1, -0.05) is 38.1 Å². The summed E-state index contributed by atoms with van der Waals surface area (Å²) in [4.78, 5) is 0. The fourth-order valence-corrected chi connectivity index (χ4v) is 1.23. The maximum Gasteiger partial charge on any atom is 0.0538 e. The van der Waals surface area contributed by atoms with E-state index in [4.69, 9.17) is 5.84 Å². The summed E-state index contributed by atoms with van der Waals surface area (Å²) >= 11 is 0. The van der Waals surface area contributed by atoms with Crippen molar-refractivity contribution in [1.82, 2.24) is 0 Å². The van der Waals surface area contributed by atoms with Crippen molar-refractivity contribution in [1.29, 1.82) is 0 Å². The average Bonchev–Trinajstić information content (AvgIpc) is 2.18. The lowest BCUT2D eigenvalue weighted by molar-refractivity contribution is 0.733. The number of nitrogens with two attached hydrogens (primary N) is 1. The highest BCUT2D eigenvalue weighted by molar-refractivity contribution is 5.79. The second-order valence-electron chi connectivity index (χ2n) is 3.25. The standard InChI is InChI=1S/C11H16N2/c1-3-9(2)11-6-4-10(5-7-11)8-13-12/h4-9H,3,12H2,1-2H3/b13-8+. The van der Waals surface area contributed by atoms with Crippen LogP contribution in [0.1, 0.15) is 37.3 Å². The highest BCUT2D eigenvalue weighted by Crippen LogP contribution is 2.18. The van der Waals surface area contributed by atoms with E-state index in [1.807, 2.05) is 12.1 Å². The van der Waals surface area contributed by atoms with Gasteiger partial charge in [0.25, 0.3) is 0 Å². The van der Waals surface area contributed by atoms with E-state index in [1.165, 1.54) is 12.0 Å². The number of rotatable bonds is 3. The number of benzene rings is 1. The minimum atomic E-state index is 0.629. The van der Waals surface area contributed by atoms with Crippen molar-refractivity contribution >= 4 is 6.21 Å². The first-order valence-corrected chi connectivity index (χ1v) is 4.61. The van der Waals surface area contributed by atoms with Crippen LogP contribution < -0.4 is 5.84 Å². The van der Waals surface area contributed by atoms with Gasteiger partial charge in [0.05, 0.1) is 6.21 Å². The van der Waals surface area contributed by atoms with E-state index >= 15 is 0 Å². The van der Waals surface area contributed by atoms with Gasteiger partial charge in [0.15, 0.2) is 0 Å². The van der Waals surface area contributed by atoms with E-state index in [0.29, 0.717) is 5.92 Å². The van der Waals surface area contributed by atoms with Crippen LogP contribution in [0.2, 0.25) is 0 Å². The molecule has 70 valence electrons. The molecule has 1 aromatic rings. The van der Waals surface area contributed by atoms with E-state index in [9.17, 15) is 0 Å². The smallest absolute Gasteiger partial charge is 0.0538 e. The molecular weight excluding hydrogens is 160 g/mol. The third-order valence-electron chi connectivity index (χ3n) is 2.34. The molecular formula is C11H16N2. The zero-order valence-corrected chi connectivity index (χ0v) is 8.20. The molecule has 0 radical (unpaired) electrons. The minimum Gasteiger partial charge on any atom is -0.323 e. The zero-order valence-electron chi connectivity index (χ0n) is 8.20. The average molecular weight is 176 g/mol. The van der Waals surface area contributed by atoms with Crippen LogP contribution in [-0.2, 0) is 0 Å². The molecule has 13 heavy (non-hydrogen) atoms. The SMILES string of the molecule is CCC(C)c1ccc(/C=N/N)cc1. The van der Waals surface area contributed by atoms with Gasteiger partial charge in [-0.05, 0) is 23.5 Å². The Balaban J connectivity index is 2.80. The molecule has 1 atom stereocenters. The molecule has 1 aromatic carbocycles. The Bertz CT molecular complexity index is 275. The van der Waals surface area contributed by atoms with Gasteiger partial charge in [-0.3, -0.25) is 0 Å². The highest BCUT2D eigenvalue weighted by atomic mass is 15.1. The van der Waals surface area contributed by atoms with Gasteiger partial charge in [0, 0.05) is 0 Å². The topological polar surface area (TPSA) is 38.4 Å². The molecule has 0 fully saturated rings. The van der Waals surface area contributed by atoms with E-state index in [1.54, 1.807) is 6.21 Å². The fourth-order valence-electron chi connectivity index (χ4n) is 1.23. The van der Waals surface area contributed by atoms with Crippen molar-refractivity contribution < 1.29 is 0 Å². The van der Waals surface area contributed by atoms with Gasteiger partial charge < -0.3 is 5.84 Å². The summed E-state index contributed by atoms with van der Waals surface area (Å²) in [6.45, 7) is 4.42. The summed E-state index contributed by atoms with van der Waals surface area (Å²) in [5.74, 6) is 5.68. The first-order chi connectivity index (χ1) is 6.27. The molecule has 1 unspecified atom stereocenters. The molecule has 0 amide bonds. The van der Waals surface area contributed by atoms with Crippen LogP contribution in [0.4, 0.5) is 0 Å². The van der Waals surface area contributed by atoms with Crippen molar-refractivity contribution in [3.63, 3.8) is 0 Å². The number of hydrazone groups is 1. The molecule has 0 bridgehead atoms. The van der Waals surface area contributed by atoms with Crippen molar-refractivity contribution in [2.45, 2.75) is 26.2 Å². The number of hydrogen-bond donors (Lipinski definition) is 1. The number of hydrogen-bond acceptors (Lipinski definition) is 2. The van der Waals surface area contributed by atoms with Crippen LogP contribution in [0.3, 0.4) is 0 Å². The molecule has 0 heterocycles. The van der Waals surface area contributed by atoms with Crippen molar-refractivity contribution in [2.75, 3.05) is 0 Å². The van der Waals surface area contributed by atoms with Crippen LogP contribution in [0.25, 0.3) is 0 Å². The van der Waals surface area contributed by atoms with Crippen LogP contribution >= 0.6 is 0 Å². The zero-order chi connectivity index (χ0) is 9.68. The molecule has 0 saturated heterocycles. The second kappa shape index (κ2) is 4.65. The molecule has 0 aliphatic carbocycles. The molecule has 0 aromatic heterocycles. The first kappa shape index (κ1) is 9.78. The van der Waals surface area contributed by atoms with E-state index < -0.39 is 0 Å². The van der Waals surface area contributed by atoms with E-state index in [0.717, 1.165) is 5.56 Å². The van der Waals surface area contributed by atoms with Gasteiger partial charge in [-0.2, -0.15) is 5.10 Å².